The summed E-state index contributed by atoms with van der Waals surface area (Å²) in [6, 6.07) is 8.23. The first-order valence-electron chi connectivity index (χ1n) is 7.41. The lowest BCUT2D eigenvalue weighted by Gasteiger charge is -2.29. The number of carbonyl (C=O) groups is 1. The number of para-hydroxylation sites is 1. The van der Waals surface area contributed by atoms with Gasteiger partial charge < -0.3 is 10.2 Å². The third kappa shape index (κ3) is 2.34. The van der Waals surface area contributed by atoms with Crippen LogP contribution in [0, 0.1) is 5.92 Å². The first-order valence-corrected chi connectivity index (χ1v) is 7.41. The van der Waals surface area contributed by atoms with Crippen molar-refractivity contribution in [2.45, 2.75) is 32.1 Å². The van der Waals surface area contributed by atoms with Gasteiger partial charge in [0.05, 0.1) is 5.92 Å². The molecule has 1 saturated heterocycles. The molecular weight excluding hydrogens is 236 g/mol. The van der Waals surface area contributed by atoms with Crippen LogP contribution >= 0.6 is 0 Å². The van der Waals surface area contributed by atoms with Crippen LogP contribution in [0.3, 0.4) is 0 Å². The fourth-order valence-corrected chi connectivity index (χ4v) is 3.31. The summed E-state index contributed by atoms with van der Waals surface area (Å²) in [4.78, 5) is 14.8. The van der Waals surface area contributed by atoms with Gasteiger partial charge in [0.2, 0.25) is 5.91 Å². The van der Waals surface area contributed by atoms with Gasteiger partial charge in [-0.15, -0.1) is 0 Å². The van der Waals surface area contributed by atoms with Crippen molar-refractivity contribution in [2.24, 2.45) is 5.92 Å². The van der Waals surface area contributed by atoms with Crippen LogP contribution in [0.1, 0.15) is 37.7 Å². The van der Waals surface area contributed by atoms with Gasteiger partial charge in [-0.25, -0.2) is 0 Å². The molecule has 2 aliphatic heterocycles. The SMILES string of the molecule is CCC1CCN(C(=O)C2CCNc3ccccc32)C1. The van der Waals surface area contributed by atoms with Crippen LogP contribution in [0.5, 0.6) is 0 Å². The Hall–Kier alpha value is -1.51. The number of amides is 1. The van der Waals surface area contributed by atoms with Crippen molar-refractivity contribution in [3.63, 3.8) is 0 Å². The minimum atomic E-state index is 0.0630. The molecule has 2 heterocycles. The number of nitrogens with zero attached hydrogens (tertiary/aromatic N) is 1. The van der Waals surface area contributed by atoms with Crippen LogP contribution in [-0.4, -0.2) is 30.4 Å². The first-order chi connectivity index (χ1) is 9.29. The van der Waals surface area contributed by atoms with E-state index in [4.69, 9.17) is 0 Å². The van der Waals surface area contributed by atoms with Gasteiger partial charge in [0.25, 0.3) is 0 Å². The molecule has 0 radical (unpaired) electrons. The highest BCUT2D eigenvalue weighted by molar-refractivity contribution is 5.86. The standard InChI is InChI=1S/C16H22N2O/c1-2-12-8-10-18(11-12)16(19)14-7-9-17-15-6-4-3-5-13(14)15/h3-6,12,14,17H,2,7-11H2,1H3. The molecule has 3 nitrogen and oxygen atoms in total. The van der Waals surface area contributed by atoms with Crippen molar-refractivity contribution < 1.29 is 4.79 Å². The Morgan fingerprint density at radius 1 is 1.37 bits per heavy atom. The monoisotopic (exact) mass is 258 g/mol. The molecule has 1 amide bonds. The normalized spacial score (nSPS) is 25.8. The maximum absolute atomic E-state index is 12.7. The number of hydrogen-bond acceptors (Lipinski definition) is 2. The van der Waals surface area contributed by atoms with E-state index in [1.54, 1.807) is 0 Å². The quantitative estimate of drug-likeness (QED) is 0.884. The Morgan fingerprint density at radius 2 is 2.21 bits per heavy atom. The molecule has 3 heteroatoms. The van der Waals surface area contributed by atoms with Crippen LogP contribution in [0.25, 0.3) is 0 Å². The zero-order chi connectivity index (χ0) is 13.2. The second kappa shape index (κ2) is 5.24. The van der Waals surface area contributed by atoms with Crippen LogP contribution in [0.4, 0.5) is 5.69 Å². The van der Waals surface area contributed by atoms with Crippen molar-refractivity contribution in [2.75, 3.05) is 25.0 Å². The maximum Gasteiger partial charge on any atom is 0.230 e. The summed E-state index contributed by atoms with van der Waals surface area (Å²) in [6.45, 7) is 5.03. The fourth-order valence-electron chi connectivity index (χ4n) is 3.31. The number of carbonyl (C=O) groups excluding carboxylic acids is 1. The molecular formula is C16H22N2O. The zero-order valence-electron chi connectivity index (χ0n) is 11.6. The smallest absolute Gasteiger partial charge is 0.230 e. The number of anilines is 1. The van der Waals surface area contributed by atoms with E-state index in [1.807, 2.05) is 12.1 Å². The Balaban J connectivity index is 1.78. The van der Waals surface area contributed by atoms with Gasteiger partial charge in [-0.05, 0) is 30.4 Å². The van der Waals surface area contributed by atoms with E-state index in [-0.39, 0.29) is 5.92 Å². The van der Waals surface area contributed by atoms with Gasteiger partial charge in [-0.3, -0.25) is 4.79 Å². The first kappa shape index (κ1) is 12.5. The number of fused-ring (bicyclic) bond motifs is 1. The predicted octanol–water partition coefficient (Wildman–Crippen LogP) is 2.84. The molecule has 0 aromatic heterocycles. The minimum Gasteiger partial charge on any atom is -0.385 e. The van der Waals surface area contributed by atoms with Crippen molar-refractivity contribution in [3.8, 4) is 0 Å². The molecule has 1 aromatic rings. The molecule has 0 aliphatic carbocycles. The number of rotatable bonds is 2. The second-order valence-electron chi connectivity index (χ2n) is 5.70. The third-order valence-corrected chi connectivity index (χ3v) is 4.56. The summed E-state index contributed by atoms with van der Waals surface area (Å²) < 4.78 is 0. The maximum atomic E-state index is 12.7. The largest absolute Gasteiger partial charge is 0.385 e. The lowest BCUT2D eigenvalue weighted by atomic mass is 9.90. The second-order valence-corrected chi connectivity index (χ2v) is 5.70. The van der Waals surface area contributed by atoms with E-state index < -0.39 is 0 Å². The number of nitrogens with one attached hydrogen (secondary N) is 1. The molecule has 2 unspecified atom stereocenters. The van der Waals surface area contributed by atoms with E-state index in [0.717, 1.165) is 31.7 Å². The van der Waals surface area contributed by atoms with Crippen LogP contribution < -0.4 is 5.32 Å². The molecule has 0 spiro atoms. The average Bonchev–Trinajstić information content (AvgIpc) is 2.95. The highest BCUT2D eigenvalue weighted by atomic mass is 16.2. The predicted molar refractivity (Wildman–Crippen MR) is 77.3 cm³/mol. The molecule has 1 N–H and O–H groups in total. The minimum absolute atomic E-state index is 0.0630. The summed E-state index contributed by atoms with van der Waals surface area (Å²) in [5.74, 6) is 1.11. The van der Waals surface area contributed by atoms with Gasteiger partial charge >= 0.3 is 0 Å². The van der Waals surface area contributed by atoms with Gasteiger partial charge in [0.15, 0.2) is 0 Å². The fraction of sp³-hybridized carbons (Fsp3) is 0.562. The Morgan fingerprint density at radius 3 is 3.00 bits per heavy atom. The van der Waals surface area contributed by atoms with E-state index in [0.29, 0.717) is 11.8 Å². The summed E-state index contributed by atoms with van der Waals surface area (Å²) >= 11 is 0. The van der Waals surface area contributed by atoms with Crippen LogP contribution in [0.15, 0.2) is 24.3 Å². The summed E-state index contributed by atoms with van der Waals surface area (Å²) in [5.41, 5.74) is 2.32. The molecule has 1 fully saturated rings. The lowest BCUT2D eigenvalue weighted by molar-refractivity contribution is -0.132. The Bertz CT molecular complexity index is 472. The van der Waals surface area contributed by atoms with E-state index in [2.05, 4.69) is 29.3 Å². The van der Waals surface area contributed by atoms with Gasteiger partial charge in [-0.2, -0.15) is 0 Å². The van der Waals surface area contributed by atoms with Crippen molar-refractivity contribution in [3.05, 3.63) is 29.8 Å². The number of hydrogen-bond donors (Lipinski definition) is 1. The molecule has 102 valence electrons. The molecule has 2 atom stereocenters. The number of likely N-dealkylation sites (tertiary alicyclic amines) is 1. The molecule has 0 saturated carbocycles. The van der Waals surface area contributed by atoms with E-state index >= 15 is 0 Å². The van der Waals surface area contributed by atoms with Crippen LogP contribution in [-0.2, 0) is 4.79 Å². The summed E-state index contributed by atoms with van der Waals surface area (Å²) in [5, 5.41) is 3.39. The summed E-state index contributed by atoms with van der Waals surface area (Å²) in [7, 11) is 0. The molecule has 3 rings (SSSR count). The summed E-state index contributed by atoms with van der Waals surface area (Å²) in [6.07, 6.45) is 3.28. The topological polar surface area (TPSA) is 32.3 Å². The van der Waals surface area contributed by atoms with Crippen molar-refractivity contribution >= 4 is 11.6 Å². The zero-order valence-corrected chi connectivity index (χ0v) is 11.6. The van der Waals surface area contributed by atoms with Crippen molar-refractivity contribution in [1.82, 2.24) is 4.90 Å². The van der Waals surface area contributed by atoms with E-state index in [1.165, 1.54) is 18.4 Å². The molecule has 1 aromatic carbocycles. The third-order valence-electron chi connectivity index (χ3n) is 4.56. The highest BCUT2D eigenvalue weighted by Crippen LogP contribution is 2.34. The number of benzene rings is 1. The Kier molecular flexibility index (Phi) is 3.45. The lowest BCUT2D eigenvalue weighted by Crippen LogP contribution is -2.36. The molecule has 19 heavy (non-hydrogen) atoms. The van der Waals surface area contributed by atoms with Crippen LogP contribution in [0.2, 0.25) is 0 Å². The van der Waals surface area contributed by atoms with E-state index in [9.17, 15) is 4.79 Å². The highest BCUT2D eigenvalue weighted by Gasteiger charge is 2.33. The van der Waals surface area contributed by atoms with Gasteiger partial charge in [0.1, 0.15) is 0 Å². The molecule has 0 bridgehead atoms. The molecule has 2 aliphatic rings. The van der Waals surface area contributed by atoms with Crippen molar-refractivity contribution in [1.29, 1.82) is 0 Å². The Labute approximate surface area is 115 Å². The average molecular weight is 258 g/mol. The van der Waals surface area contributed by atoms with Gasteiger partial charge in [-0.1, -0.05) is 31.5 Å². The van der Waals surface area contributed by atoms with Gasteiger partial charge in [0, 0.05) is 25.3 Å².